The second-order valence-electron chi connectivity index (χ2n) is 2.79. The van der Waals surface area contributed by atoms with Crippen LogP contribution in [0.3, 0.4) is 0 Å². The molecule has 13 heavy (non-hydrogen) atoms. The number of carbonyl (C=O) groups is 1. The van der Waals surface area contributed by atoms with Crippen molar-refractivity contribution in [2.45, 2.75) is 32.7 Å². The summed E-state index contributed by atoms with van der Waals surface area (Å²) in [5.74, 6) is 0.150. The van der Waals surface area contributed by atoms with Gasteiger partial charge in [0.05, 0.1) is 0 Å². The Bertz CT molecular complexity index is 283. The quantitative estimate of drug-likeness (QED) is 0.729. The molecule has 5 nitrogen and oxygen atoms in total. The highest BCUT2D eigenvalue weighted by Gasteiger charge is 2.02. The number of aliphatic carboxylic acids is 1. The molecule has 72 valence electrons. The smallest absolute Gasteiger partial charge is 0.303 e. The fourth-order valence-electron chi connectivity index (χ4n) is 1.14. The van der Waals surface area contributed by atoms with Crippen LogP contribution in [-0.2, 0) is 17.8 Å². The molecule has 1 heterocycles. The molecule has 0 unspecified atom stereocenters. The molecule has 0 aliphatic heterocycles. The van der Waals surface area contributed by atoms with Crippen LogP contribution in [0.1, 0.15) is 25.6 Å². The van der Waals surface area contributed by atoms with E-state index in [0.29, 0.717) is 13.0 Å². The van der Waals surface area contributed by atoms with Crippen LogP contribution in [-0.4, -0.2) is 25.8 Å². The topological polar surface area (TPSA) is 68.0 Å². The molecule has 1 N–H and O–H groups in total. The molecule has 1 rings (SSSR count). The van der Waals surface area contributed by atoms with E-state index in [1.54, 1.807) is 6.33 Å². The summed E-state index contributed by atoms with van der Waals surface area (Å²) < 4.78 is 1.89. The Morgan fingerprint density at radius 1 is 1.69 bits per heavy atom. The molecule has 0 saturated carbocycles. The Hall–Kier alpha value is -1.39. The average Bonchev–Trinajstić information content (AvgIpc) is 2.51. The Labute approximate surface area is 76.4 Å². The van der Waals surface area contributed by atoms with Crippen LogP contribution in [0, 0.1) is 0 Å². The summed E-state index contributed by atoms with van der Waals surface area (Å²) in [6.07, 6.45) is 3.29. The lowest BCUT2D eigenvalue weighted by atomic mass is 10.3. The lowest BCUT2D eigenvalue weighted by Gasteiger charge is -2.02. The van der Waals surface area contributed by atoms with Gasteiger partial charge >= 0.3 is 5.97 Å². The number of hydrogen-bond acceptors (Lipinski definition) is 3. The number of nitrogens with zero attached hydrogens (tertiary/aromatic N) is 3. The second kappa shape index (κ2) is 4.59. The number of rotatable bonds is 5. The van der Waals surface area contributed by atoms with Gasteiger partial charge in [-0.3, -0.25) is 4.79 Å². The van der Waals surface area contributed by atoms with Crippen molar-refractivity contribution in [2.24, 2.45) is 0 Å². The van der Waals surface area contributed by atoms with Crippen LogP contribution in [0.15, 0.2) is 6.33 Å². The van der Waals surface area contributed by atoms with Crippen molar-refractivity contribution < 1.29 is 9.90 Å². The Morgan fingerprint density at radius 3 is 3.08 bits per heavy atom. The second-order valence-corrected chi connectivity index (χ2v) is 2.79. The number of aromatic nitrogens is 3. The molecule has 0 saturated heterocycles. The highest BCUT2D eigenvalue weighted by atomic mass is 16.4. The van der Waals surface area contributed by atoms with Crippen molar-refractivity contribution in [1.82, 2.24) is 14.8 Å². The molecule has 0 aromatic carbocycles. The van der Waals surface area contributed by atoms with E-state index >= 15 is 0 Å². The van der Waals surface area contributed by atoms with Crippen molar-refractivity contribution in [3.8, 4) is 0 Å². The van der Waals surface area contributed by atoms with Crippen LogP contribution in [0.2, 0.25) is 0 Å². The fraction of sp³-hybridized carbons (Fsp3) is 0.625. The van der Waals surface area contributed by atoms with E-state index in [2.05, 4.69) is 10.2 Å². The van der Waals surface area contributed by atoms with Gasteiger partial charge in [-0.15, -0.1) is 10.2 Å². The molecular weight excluding hydrogens is 170 g/mol. The maximum Gasteiger partial charge on any atom is 0.303 e. The first-order valence-electron chi connectivity index (χ1n) is 4.32. The van der Waals surface area contributed by atoms with Crippen LogP contribution in [0.25, 0.3) is 0 Å². The molecular formula is C8H13N3O2. The van der Waals surface area contributed by atoms with Crippen molar-refractivity contribution in [3.63, 3.8) is 0 Å². The number of carboxylic acid groups (broad SMARTS) is 1. The predicted molar refractivity (Wildman–Crippen MR) is 46.3 cm³/mol. The Kier molecular flexibility index (Phi) is 3.42. The SMILES string of the molecule is CCc1nncn1CCCC(=O)O. The van der Waals surface area contributed by atoms with E-state index in [4.69, 9.17) is 5.11 Å². The summed E-state index contributed by atoms with van der Waals surface area (Å²) in [7, 11) is 0. The highest BCUT2D eigenvalue weighted by molar-refractivity contribution is 5.66. The summed E-state index contributed by atoms with van der Waals surface area (Å²) >= 11 is 0. The zero-order valence-corrected chi connectivity index (χ0v) is 7.60. The average molecular weight is 183 g/mol. The molecule has 1 aromatic heterocycles. The minimum atomic E-state index is -0.758. The third-order valence-corrected chi connectivity index (χ3v) is 1.80. The number of hydrogen-bond donors (Lipinski definition) is 1. The molecule has 0 fully saturated rings. The molecule has 0 radical (unpaired) electrons. The van der Waals surface area contributed by atoms with Crippen molar-refractivity contribution in [2.75, 3.05) is 0 Å². The number of carboxylic acids is 1. The van der Waals surface area contributed by atoms with Gasteiger partial charge in [0.25, 0.3) is 0 Å². The van der Waals surface area contributed by atoms with Crippen LogP contribution >= 0.6 is 0 Å². The minimum absolute atomic E-state index is 0.196. The standard InChI is InChI=1S/C8H13N3O2/c1-2-7-10-9-6-11(7)5-3-4-8(12)13/h6H,2-5H2,1H3,(H,12,13). The van der Waals surface area contributed by atoms with Gasteiger partial charge in [0.2, 0.25) is 0 Å². The predicted octanol–water partition coefficient (Wildman–Crippen LogP) is 0.705. The summed E-state index contributed by atoms with van der Waals surface area (Å²) in [6, 6.07) is 0. The molecule has 0 amide bonds. The van der Waals surface area contributed by atoms with Gasteiger partial charge in [-0.1, -0.05) is 6.92 Å². The summed E-state index contributed by atoms with van der Waals surface area (Å²) in [4.78, 5) is 10.2. The first-order valence-corrected chi connectivity index (χ1v) is 4.32. The molecule has 5 heteroatoms. The fourth-order valence-corrected chi connectivity index (χ4v) is 1.14. The first-order chi connectivity index (χ1) is 6.24. The van der Waals surface area contributed by atoms with Crippen LogP contribution in [0.5, 0.6) is 0 Å². The van der Waals surface area contributed by atoms with E-state index in [-0.39, 0.29) is 6.42 Å². The summed E-state index contributed by atoms with van der Waals surface area (Å²) in [5.41, 5.74) is 0. The summed E-state index contributed by atoms with van der Waals surface area (Å²) in [6.45, 7) is 2.68. The van der Waals surface area contributed by atoms with Crippen LogP contribution < -0.4 is 0 Å². The minimum Gasteiger partial charge on any atom is -0.481 e. The van der Waals surface area contributed by atoms with Gasteiger partial charge in [0.1, 0.15) is 12.2 Å². The highest BCUT2D eigenvalue weighted by Crippen LogP contribution is 1.99. The van der Waals surface area contributed by atoms with Crippen molar-refractivity contribution in [1.29, 1.82) is 0 Å². The van der Waals surface area contributed by atoms with E-state index in [9.17, 15) is 4.79 Å². The first kappa shape index (κ1) is 9.70. The van der Waals surface area contributed by atoms with E-state index < -0.39 is 5.97 Å². The van der Waals surface area contributed by atoms with E-state index in [1.165, 1.54) is 0 Å². The van der Waals surface area contributed by atoms with Gasteiger partial charge < -0.3 is 9.67 Å². The maximum absolute atomic E-state index is 10.2. The van der Waals surface area contributed by atoms with Gasteiger partial charge in [-0.05, 0) is 6.42 Å². The van der Waals surface area contributed by atoms with Gasteiger partial charge in [0.15, 0.2) is 0 Å². The van der Waals surface area contributed by atoms with Gasteiger partial charge in [-0.2, -0.15) is 0 Å². The van der Waals surface area contributed by atoms with Crippen molar-refractivity contribution in [3.05, 3.63) is 12.2 Å². The maximum atomic E-state index is 10.2. The van der Waals surface area contributed by atoms with Gasteiger partial charge in [0, 0.05) is 19.4 Å². The largest absolute Gasteiger partial charge is 0.481 e. The summed E-state index contributed by atoms with van der Waals surface area (Å²) in [5, 5.41) is 16.1. The Morgan fingerprint density at radius 2 is 2.46 bits per heavy atom. The van der Waals surface area contributed by atoms with E-state index in [0.717, 1.165) is 12.2 Å². The molecule has 0 spiro atoms. The molecule has 1 aromatic rings. The molecule has 0 bridgehead atoms. The van der Waals surface area contributed by atoms with Gasteiger partial charge in [-0.25, -0.2) is 0 Å². The molecule has 0 aliphatic carbocycles. The lowest BCUT2D eigenvalue weighted by molar-refractivity contribution is -0.137. The van der Waals surface area contributed by atoms with Crippen molar-refractivity contribution >= 4 is 5.97 Å². The molecule has 0 aliphatic rings. The molecule has 0 atom stereocenters. The zero-order chi connectivity index (χ0) is 9.68. The Balaban J connectivity index is 2.40. The van der Waals surface area contributed by atoms with Crippen LogP contribution in [0.4, 0.5) is 0 Å². The monoisotopic (exact) mass is 183 g/mol. The zero-order valence-electron chi connectivity index (χ0n) is 7.60. The third-order valence-electron chi connectivity index (χ3n) is 1.80. The third kappa shape index (κ3) is 2.85. The lowest BCUT2D eigenvalue weighted by Crippen LogP contribution is -2.04. The van der Waals surface area contributed by atoms with E-state index in [1.807, 2.05) is 11.5 Å². The number of aryl methyl sites for hydroxylation is 2. The normalized spacial score (nSPS) is 10.2.